The molecule has 2 rings (SSSR count). The van der Waals surface area contributed by atoms with Crippen LogP contribution in [0.15, 0.2) is 24.3 Å². The van der Waals surface area contributed by atoms with Crippen molar-refractivity contribution < 1.29 is 14.6 Å². The number of hydrogen-bond donors (Lipinski definition) is 1. The Hall–Kier alpha value is -1.35. The van der Waals surface area contributed by atoms with Crippen molar-refractivity contribution in [3.05, 3.63) is 29.8 Å². The molecular weight excluding hydrogens is 204 g/mol. The highest BCUT2D eigenvalue weighted by molar-refractivity contribution is 5.52. The molecule has 16 heavy (non-hydrogen) atoms. The maximum Gasteiger partial charge on any atom is 0.123 e. The molecule has 1 aliphatic carbocycles. The molecule has 1 aromatic carbocycles. The topological polar surface area (TPSA) is 46.5 Å². The van der Waals surface area contributed by atoms with E-state index in [4.69, 9.17) is 4.74 Å². The summed E-state index contributed by atoms with van der Waals surface area (Å²) in [4.78, 5) is 10.4. The maximum absolute atomic E-state index is 10.4. The van der Waals surface area contributed by atoms with Gasteiger partial charge in [0.25, 0.3) is 0 Å². The van der Waals surface area contributed by atoms with Crippen molar-refractivity contribution in [1.29, 1.82) is 0 Å². The van der Waals surface area contributed by atoms with Crippen LogP contribution in [0.25, 0.3) is 0 Å². The third kappa shape index (κ3) is 2.61. The third-order valence-electron chi connectivity index (χ3n) is 2.78. The van der Waals surface area contributed by atoms with Gasteiger partial charge in [0.2, 0.25) is 0 Å². The number of carbonyl (C=O) groups is 1. The molecule has 0 aliphatic heterocycles. The predicted molar refractivity (Wildman–Crippen MR) is 60.3 cm³/mol. The van der Waals surface area contributed by atoms with Crippen LogP contribution in [0, 0.1) is 0 Å². The fraction of sp³-hybridized carbons (Fsp3) is 0.462. The number of ether oxygens (including phenoxy) is 1. The van der Waals surface area contributed by atoms with Crippen LogP contribution < -0.4 is 4.74 Å². The van der Waals surface area contributed by atoms with E-state index in [1.807, 2.05) is 12.1 Å². The fourth-order valence-corrected chi connectivity index (χ4v) is 1.55. The lowest BCUT2D eigenvalue weighted by atomic mass is 9.93. The summed E-state index contributed by atoms with van der Waals surface area (Å²) < 4.78 is 5.60. The van der Waals surface area contributed by atoms with E-state index in [1.54, 1.807) is 19.1 Å². The molecule has 3 nitrogen and oxygen atoms in total. The molecule has 0 radical (unpaired) electrons. The Morgan fingerprint density at radius 1 is 1.44 bits per heavy atom. The third-order valence-corrected chi connectivity index (χ3v) is 2.78. The van der Waals surface area contributed by atoms with Crippen LogP contribution in [-0.4, -0.2) is 17.5 Å². The van der Waals surface area contributed by atoms with E-state index in [-0.39, 0.29) is 6.42 Å². The van der Waals surface area contributed by atoms with Gasteiger partial charge in [-0.25, -0.2) is 0 Å². The van der Waals surface area contributed by atoms with Gasteiger partial charge in [0, 0.05) is 6.42 Å². The number of carbonyl (C=O) groups excluding carboxylic acids is 1. The van der Waals surface area contributed by atoms with Crippen molar-refractivity contribution >= 4 is 6.29 Å². The highest BCUT2D eigenvalue weighted by Gasteiger charge is 2.25. The molecule has 1 aromatic rings. The average molecular weight is 220 g/mol. The first kappa shape index (κ1) is 11.1. The van der Waals surface area contributed by atoms with Gasteiger partial charge in [-0.2, -0.15) is 0 Å². The number of aliphatic hydroxyl groups is 1. The van der Waals surface area contributed by atoms with Crippen LogP contribution in [0.5, 0.6) is 5.75 Å². The first-order valence-electron chi connectivity index (χ1n) is 5.55. The summed E-state index contributed by atoms with van der Waals surface area (Å²) >= 11 is 0. The lowest BCUT2D eigenvalue weighted by Gasteiger charge is -2.21. The normalized spacial score (nSPS) is 18.9. The van der Waals surface area contributed by atoms with Crippen LogP contribution in [0.2, 0.25) is 0 Å². The molecule has 1 fully saturated rings. The second kappa shape index (κ2) is 4.26. The van der Waals surface area contributed by atoms with Crippen LogP contribution >= 0.6 is 0 Å². The molecule has 0 saturated heterocycles. The van der Waals surface area contributed by atoms with Gasteiger partial charge >= 0.3 is 0 Å². The lowest BCUT2D eigenvalue weighted by molar-refractivity contribution is -0.112. The number of hydrogen-bond acceptors (Lipinski definition) is 3. The van der Waals surface area contributed by atoms with Gasteiger partial charge in [-0.15, -0.1) is 0 Å². The maximum atomic E-state index is 10.4. The van der Waals surface area contributed by atoms with Crippen LogP contribution in [0.3, 0.4) is 0 Å². The van der Waals surface area contributed by atoms with Crippen molar-refractivity contribution in [2.24, 2.45) is 0 Å². The van der Waals surface area contributed by atoms with E-state index in [0.29, 0.717) is 6.10 Å². The molecular formula is C13H16O3. The summed E-state index contributed by atoms with van der Waals surface area (Å²) in [5, 5.41) is 10.00. The molecule has 0 heterocycles. The van der Waals surface area contributed by atoms with Gasteiger partial charge < -0.3 is 14.6 Å². The molecule has 1 N–H and O–H groups in total. The van der Waals surface area contributed by atoms with Crippen LogP contribution in [-0.2, 0) is 10.4 Å². The van der Waals surface area contributed by atoms with Gasteiger partial charge in [0.15, 0.2) is 0 Å². The molecule has 0 amide bonds. The van der Waals surface area contributed by atoms with Gasteiger partial charge in [-0.1, -0.05) is 12.1 Å². The zero-order valence-corrected chi connectivity index (χ0v) is 9.35. The van der Waals surface area contributed by atoms with E-state index in [0.717, 1.165) is 30.4 Å². The van der Waals surface area contributed by atoms with Gasteiger partial charge in [0.05, 0.1) is 11.7 Å². The van der Waals surface area contributed by atoms with E-state index < -0.39 is 5.60 Å². The Morgan fingerprint density at radius 2 is 2.06 bits per heavy atom. The summed E-state index contributed by atoms with van der Waals surface area (Å²) in [7, 11) is 0. The molecule has 1 atom stereocenters. The van der Waals surface area contributed by atoms with E-state index >= 15 is 0 Å². The zero-order chi connectivity index (χ0) is 11.6. The Bertz CT molecular complexity index is 363. The largest absolute Gasteiger partial charge is 0.490 e. The molecule has 1 unspecified atom stereocenters. The van der Waals surface area contributed by atoms with E-state index in [1.165, 1.54) is 0 Å². The number of rotatable bonds is 5. The second-order valence-electron chi connectivity index (χ2n) is 4.49. The van der Waals surface area contributed by atoms with E-state index in [2.05, 4.69) is 0 Å². The summed E-state index contributed by atoms with van der Waals surface area (Å²) in [6, 6.07) is 7.29. The van der Waals surface area contributed by atoms with Gasteiger partial charge in [-0.05, 0) is 37.5 Å². The highest BCUT2D eigenvalue weighted by Crippen LogP contribution is 2.29. The highest BCUT2D eigenvalue weighted by atomic mass is 16.5. The molecule has 3 heteroatoms. The summed E-state index contributed by atoms with van der Waals surface area (Å²) in [6.45, 7) is 1.64. The standard InChI is InChI=1S/C13H16O3/c1-13(15,8-9-14)10-2-4-11(5-3-10)16-12-6-7-12/h2-5,9,12,15H,6-8H2,1H3. The molecule has 1 aliphatic rings. The van der Waals surface area contributed by atoms with Crippen molar-refractivity contribution in [2.75, 3.05) is 0 Å². The Morgan fingerprint density at radius 3 is 2.56 bits per heavy atom. The average Bonchev–Trinajstić information content (AvgIpc) is 3.02. The molecule has 0 bridgehead atoms. The molecule has 86 valence electrons. The minimum absolute atomic E-state index is 0.107. The second-order valence-corrected chi connectivity index (χ2v) is 4.49. The number of aldehydes is 1. The van der Waals surface area contributed by atoms with E-state index in [9.17, 15) is 9.90 Å². The SMILES string of the molecule is CC(O)(CC=O)c1ccc(OC2CC2)cc1. The molecule has 1 saturated carbocycles. The quantitative estimate of drug-likeness (QED) is 0.772. The fourth-order valence-electron chi connectivity index (χ4n) is 1.55. The van der Waals surface area contributed by atoms with Crippen LogP contribution in [0.4, 0.5) is 0 Å². The van der Waals surface area contributed by atoms with Crippen molar-refractivity contribution in [2.45, 2.75) is 37.9 Å². The summed E-state index contributed by atoms with van der Waals surface area (Å²) in [5.41, 5.74) is -0.345. The van der Waals surface area contributed by atoms with Crippen molar-refractivity contribution in [3.8, 4) is 5.75 Å². The lowest BCUT2D eigenvalue weighted by Crippen LogP contribution is -2.21. The Balaban J connectivity index is 2.07. The molecule has 0 spiro atoms. The van der Waals surface area contributed by atoms with Gasteiger partial charge in [-0.3, -0.25) is 0 Å². The smallest absolute Gasteiger partial charge is 0.123 e. The van der Waals surface area contributed by atoms with Crippen LogP contribution in [0.1, 0.15) is 31.7 Å². The minimum atomic E-state index is -1.08. The molecule has 0 aromatic heterocycles. The van der Waals surface area contributed by atoms with Crippen molar-refractivity contribution in [3.63, 3.8) is 0 Å². The Kier molecular flexibility index (Phi) is 2.97. The predicted octanol–water partition coefficient (Wildman–Crippen LogP) is 2.02. The first-order valence-corrected chi connectivity index (χ1v) is 5.55. The zero-order valence-electron chi connectivity index (χ0n) is 9.35. The monoisotopic (exact) mass is 220 g/mol. The summed E-state index contributed by atoms with van der Waals surface area (Å²) in [5.74, 6) is 0.827. The van der Waals surface area contributed by atoms with Crippen molar-refractivity contribution in [1.82, 2.24) is 0 Å². The summed E-state index contributed by atoms with van der Waals surface area (Å²) in [6.07, 6.45) is 3.47. The first-order chi connectivity index (χ1) is 7.62. The number of benzene rings is 1. The Labute approximate surface area is 95.0 Å². The minimum Gasteiger partial charge on any atom is -0.490 e. The van der Waals surface area contributed by atoms with Gasteiger partial charge in [0.1, 0.15) is 12.0 Å².